The quantitative estimate of drug-likeness (QED) is 0.552. The minimum atomic E-state index is -4.13. The van der Waals surface area contributed by atoms with E-state index in [9.17, 15) is 18.0 Å². The van der Waals surface area contributed by atoms with Crippen LogP contribution in [0.25, 0.3) is 11.0 Å². The molecular weight excluding hydrogens is 460 g/mol. The molecule has 10 heteroatoms. The highest BCUT2D eigenvalue weighted by molar-refractivity contribution is 9.10. The number of halogens is 1. The van der Waals surface area contributed by atoms with E-state index in [0.717, 1.165) is 8.45 Å². The minimum Gasteiger partial charge on any atom is -0.353 e. The maximum absolute atomic E-state index is 13.2. The number of imidazole rings is 1. The van der Waals surface area contributed by atoms with Crippen LogP contribution in [-0.4, -0.2) is 54.9 Å². The first-order chi connectivity index (χ1) is 13.7. The monoisotopic (exact) mass is 480 g/mol. The van der Waals surface area contributed by atoms with Crippen molar-refractivity contribution in [3.8, 4) is 0 Å². The molecule has 0 aliphatic rings. The van der Waals surface area contributed by atoms with Crippen LogP contribution in [0.3, 0.4) is 0 Å². The molecule has 0 bridgehead atoms. The van der Waals surface area contributed by atoms with Crippen molar-refractivity contribution in [2.24, 2.45) is 0 Å². The molecule has 0 aliphatic carbocycles. The van der Waals surface area contributed by atoms with Gasteiger partial charge < -0.3 is 10.2 Å². The van der Waals surface area contributed by atoms with Crippen molar-refractivity contribution in [3.63, 3.8) is 0 Å². The lowest BCUT2D eigenvalue weighted by Crippen LogP contribution is -2.37. The smallest absolute Gasteiger partial charge is 0.343 e. The zero-order chi connectivity index (χ0) is 21.2. The van der Waals surface area contributed by atoms with Crippen molar-refractivity contribution in [3.05, 3.63) is 63.5 Å². The number of amides is 1. The molecule has 1 heterocycles. The Balaban J connectivity index is 2.04. The summed E-state index contributed by atoms with van der Waals surface area (Å²) in [5.41, 5.74) is -0.181. The van der Waals surface area contributed by atoms with Gasteiger partial charge in [0.15, 0.2) is 0 Å². The first-order valence-corrected chi connectivity index (χ1v) is 11.1. The van der Waals surface area contributed by atoms with Gasteiger partial charge in [-0.1, -0.05) is 28.1 Å². The van der Waals surface area contributed by atoms with Gasteiger partial charge in [-0.05, 0) is 50.5 Å². The number of benzene rings is 2. The summed E-state index contributed by atoms with van der Waals surface area (Å²) in [7, 11) is -0.360. The summed E-state index contributed by atoms with van der Waals surface area (Å²) in [4.78, 5) is 27.3. The largest absolute Gasteiger partial charge is 0.353 e. The number of hydrogen-bond acceptors (Lipinski definition) is 5. The van der Waals surface area contributed by atoms with Gasteiger partial charge in [-0.15, -0.1) is 0 Å². The lowest BCUT2D eigenvalue weighted by Gasteiger charge is -2.10. The van der Waals surface area contributed by atoms with Gasteiger partial charge in [0.25, 0.3) is 10.0 Å². The van der Waals surface area contributed by atoms with Crippen LogP contribution in [0, 0.1) is 0 Å². The molecule has 0 atom stereocenters. The lowest BCUT2D eigenvalue weighted by atomic mass is 10.3. The molecule has 1 aromatic heterocycles. The first kappa shape index (κ1) is 21.3. The number of nitrogens with one attached hydrogen (secondary N) is 1. The molecule has 154 valence electrons. The standard InChI is InChI=1S/C19H21BrN4O4S/c1-22(2)12-11-21-18(25)13-23-16-5-3-4-6-17(16)24(19(23)26)29(27,28)15-9-7-14(20)8-10-15/h3-10H,11-13H2,1-2H3,(H,21,25). The number of para-hydroxylation sites is 2. The first-order valence-electron chi connectivity index (χ1n) is 8.84. The van der Waals surface area contributed by atoms with E-state index in [1.165, 1.54) is 16.7 Å². The Hall–Kier alpha value is -2.43. The third-order valence-electron chi connectivity index (χ3n) is 4.33. The number of hydrogen-bond donors (Lipinski definition) is 1. The van der Waals surface area contributed by atoms with E-state index in [1.54, 1.807) is 36.4 Å². The fourth-order valence-electron chi connectivity index (χ4n) is 2.90. The molecule has 0 radical (unpaired) electrons. The van der Waals surface area contributed by atoms with E-state index in [1.807, 2.05) is 19.0 Å². The highest BCUT2D eigenvalue weighted by Gasteiger charge is 2.25. The Morgan fingerprint density at radius 3 is 2.31 bits per heavy atom. The van der Waals surface area contributed by atoms with Gasteiger partial charge >= 0.3 is 5.69 Å². The molecule has 0 saturated heterocycles. The molecule has 1 N–H and O–H groups in total. The lowest BCUT2D eigenvalue weighted by molar-refractivity contribution is -0.121. The third kappa shape index (κ3) is 4.44. The van der Waals surface area contributed by atoms with Gasteiger partial charge in [-0.2, -0.15) is 3.97 Å². The minimum absolute atomic E-state index is 0.0128. The Kier molecular flexibility index (Phi) is 6.25. The summed E-state index contributed by atoms with van der Waals surface area (Å²) in [5.74, 6) is -0.363. The predicted octanol–water partition coefficient (Wildman–Crippen LogP) is 1.48. The second kappa shape index (κ2) is 8.52. The molecule has 0 saturated carbocycles. The van der Waals surface area contributed by atoms with Crippen LogP contribution in [-0.2, 0) is 21.4 Å². The normalized spacial score (nSPS) is 11.9. The Labute approximate surface area is 176 Å². The maximum atomic E-state index is 13.2. The molecule has 29 heavy (non-hydrogen) atoms. The highest BCUT2D eigenvalue weighted by Crippen LogP contribution is 2.21. The van der Waals surface area contributed by atoms with E-state index in [2.05, 4.69) is 21.2 Å². The highest BCUT2D eigenvalue weighted by atomic mass is 79.9. The van der Waals surface area contributed by atoms with E-state index in [4.69, 9.17) is 0 Å². The molecule has 2 aromatic carbocycles. The van der Waals surface area contributed by atoms with Crippen molar-refractivity contribution in [1.82, 2.24) is 18.8 Å². The van der Waals surface area contributed by atoms with E-state index >= 15 is 0 Å². The summed E-state index contributed by atoms with van der Waals surface area (Å²) >= 11 is 3.27. The van der Waals surface area contributed by atoms with Crippen LogP contribution in [0.15, 0.2) is 62.7 Å². The number of carbonyl (C=O) groups is 1. The number of fused-ring (bicyclic) bond motifs is 1. The van der Waals surface area contributed by atoms with E-state index in [0.29, 0.717) is 18.6 Å². The summed E-state index contributed by atoms with van der Waals surface area (Å²) in [5, 5.41) is 2.74. The second-order valence-corrected chi connectivity index (χ2v) is 9.44. The fourth-order valence-corrected chi connectivity index (χ4v) is 4.57. The average molecular weight is 481 g/mol. The Morgan fingerprint density at radius 2 is 1.69 bits per heavy atom. The van der Waals surface area contributed by atoms with Crippen LogP contribution in [0.5, 0.6) is 0 Å². The summed E-state index contributed by atoms with van der Waals surface area (Å²) in [6.07, 6.45) is 0. The summed E-state index contributed by atoms with van der Waals surface area (Å²) < 4.78 is 29.0. The number of rotatable bonds is 7. The molecule has 0 aliphatic heterocycles. The molecular formula is C19H21BrN4O4S. The third-order valence-corrected chi connectivity index (χ3v) is 6.56. The fraction of sp³-hybridized carbons (Fsp3) is 0.263. The maximum Gasteiger partial charge on any atom is 0.343 e. The van der Waals surface area contributed by atoms with Crippen LogP contribution in [0.4, 0.5) is 0 Å². The Morgan fingerprint density at radius 1 is 1.07 bits per heavy atom. The summed E-state index contributed by atoms with van der Waals surface area (Å²) in [6, 6.07) is 12.5. The predicted molar refractivity (Wildman–Crippen MR) is 114 cm³/mol. The van der Waals surface area contributed by atoms with Gasteiger partial charge in [-0.25, -0.2) is 13.2 Å². The van der Waals surface area contributed by atoms with Crippen molar-refractivity contribution in [2.45, 2.75) is 11.4 Å². The molecule has 3 aromatic rings. The number of nitrogens with zero attached hydrogens (tertiary/aromatic N) is 3. The number of aromatic nitrogens is 2. The zero-order valence-electron chi connectivity index (χ0n) is 16.0. The van der Waals surface area contributed by atoms with E-state index in [-0.39, 0.29) is 22.9 Å². The van der Waals surface area contributed by atoms with Gasteiger partial charge in [0.05, 0.1) is 15.9 Å². The van der Waals surface area contributed by atoms with Gasteiger partial charge in [0.2, 0.25) is 5.91 Å². The molecule has 8 nitrogen and oxygen atoms in total. The molecule has 0 spiro atoms. The molecule has 1 amide bonds. The van der Waals surface area contributed by atoms with Crippen LogP contribution in [0.1, 0.15) is 0 Å². The van der Waals surface area contributed by atoms with Crippen LogP contribution in [0.2, 0.25) is 0 Å². The summed E-state index contributed by atoms with van der Waals surface area (Å²) in [6.45, 7) is 0.812. The van der Waals surface area contributed by atoms with Crippen molar-refractivity contribution in [1.29, 1.82) is 0 Å². The van der Waals surface area contributed by atoms with Crippen molar-refractivity contribution < 1.29 is 13.2 Å². The van der Waals surface area contributed by atoms with E-state index < -0.39 is 15.7 Å². The number of likely N-dealkylation sites (N-methyl/N-ethyl adjacent to an activating group) is 1. The van der Waals surface area contributed by atoms with Crippen LogP contribution < -0.4 is 11.0 Å². The molecule has 0 fully saturated rings. The average Bonchev–Trinajstić information content (AvgIpc) is 2.94. The van der Waals surface area contributed by atoms with Gasteiger partial charge in [0.1, 0.15) is 6.54 Å². The van der Waals surface area contributed by atoms with Crippen molar-refractivity contribution in [2.75, 3.05) is 27.2 Å². The number of carbonyl (C=O) groups excluding carboxylic acids is 1. The Bertz CT molecular complexity index is 1200. The van der Waals surface area contributed by atoms with Gasteiger partial charge in [0, 0.05) is 17.6 Å². The molecule has 0 unspecified atom stereocenters. The topological polar surface area (TPSA) is 93.4 Å². The zero-order valence-corrected chi connectivity index (χ0v) is 18.4. The second-order valence-electron chi connectivity index (χ2n) is 6.73. The van der Waals surface area contributed by atoms with Gasteiger partial charge in [-0.3, -0.25) is 9.36 Å². The van der Waals surface area contributed by atoms with Crippen molar-refractivity contribution >= 4 is 42.9 Å². The molecule has 3 rings (SSSR count). The van der Waals surface area contributed by atoms with Crippen LogP contribution >= 0.6 is 15.9 Å². The SMILES string of the molecule is CN(C)CCNC(=O)Cn1c(=O)n(S(=O)(=O)c2ccc(Br)cc2)c2ccccc21.